The zero-order valence-electron chi connectivity index (χ0n) is 12.4. The van der Waals surface area contributed by atoms with Crippen molar-refractivity contribution in [2.45, 2.75) is 32.1 Å². The molecular formula is C17H19N3O2. The quantitative estimate of drug-likeness (QED) is 0.881. The molecule has 0 spiro atoms. The number of rotatable bonds is 4. The van der Waals surface area contributed by atoms with E-state index in [0.717, 1.165) is 19.3 Å². The molecule has 5 nitrogen and oxygen atoms in total. The number of nitrogens with zero attached hydrogens (tertiary/aromatic N) is 2. The maximum Gasteiger partial charge on any atom is 0.270 e. The minimum atomic E-state index is -0.354. The van der Waals surface area contributed by atoms with Gasteiger partial charge in [-0.25, -0.2) is 4.98 Å². The minimum absolute atomic E-state index is 0.0846. The third-order valence-corrected chi connectivity index (χ3v) is 3.97. The van der Waals surface area contributed by atoms with E-state index >= 15 is 0 Å². The third kappa shape index (κ3) is 3.08. The molecule has 1 aliphatic carbocycles. The van der Waals surface area contributed by atoms with Gasteiger partial charge in [-0.2, -0.15) is 0 Å². The van der Waals surface area contributed by atoms with Crippen LogP contribution < -0.4 is 10.9 Å². The van der Waals surface area contributed by atoms with E-state index in [1.165, 1.54) is 29.0 Å². The molecule has 2 aromatic rings. The molecular weight excluding hydrogens is 278 g/mol. The van der Waals surface area contributed by atoms with Gasteiger partial charge in [-0.05, 0) is 44.2 Å². The van der Waals surface area contributed by atoms with Gasteiger partial charge in [-0.1, -0.05) is 17.7 Å². The van der Waals surface area contributed by atoms with Gasteiger partial charge in [0.15, 0.2) is 0 Å². The lowest BCUT2D eigenvalue weighted by molar-refractivity contribution is 0.0952. The minimum Gasteiger partial charge on any atom is -0.351 e. The number of hydrogen-bond donors (Lipinski definition) is 1. The predicted octanol–water partition coefficient (Wildman–Crippen LogP) is 2.31. The fraction of sp³-hybridized carbons (Fsp3) is 0.353. The number of aromatic nitrogens is 2. The summed E-state index contributed by atoms with van der Waals surface area (Å²) >= 11 is 0. The lowest BCUT2D eigenvalue weighted by Gasteiger charge is -2.12. The van der Waals surface area contributed by atoms with Gasteiger partial charge in [0.1, 0.15) is 11.2 Å². The second-order valence-electron chi connectivity index (χ2n) is 5.52. The summed E-state index contributed by atoms with van der Waals surface area (Å²) in [6.45, 7) is 0.557. The first-order chi connectivity index (χ1) is 10.8. The van der Waals surface area contributed by atoms with Crippen molar-refractivity contribution >= 4 is 11.6 Å². The number of fused-ring (bicyclic) bond motifs is 1. The molecule has 0 atom stereocenters. The second kappa shape index (κ2) is 6.56. The Morgan fingerprint density at radius 1 is 1.32 bits per heavy atom. The molecule has 1 amide bonds. The van der Waals surface area contributed by atoms with Crippen molar-refractivity contribution in [3.05, 3.63) is 58.2 Å². The highest BCUT2D eigenvalue weighted by atomic mass is 16.2. The summed E-state index contributed by atoms with van der Waals surface area (Å²) < 4.78 is 1.39. The van der Waals surface area contributed by atoms with Crippen LogP contribution in [0.4, 0.5) is 0 Å². The molecule has 0 fully saturated rings. The molecule has 0 saturated carbocycles. The van der Waals surface area contributed by atoms with E-state index in [9.17, 15) is 9.59 Å². The highest BCUT2D eigenvalue weighted by Crippen LogP contribution is 2.19. The van der Waals surface area contributed by atoms with Gasteiger partial charge in [-0.3, -0.25) is 14.0 Å². The molecule has 22 heavy (non-hydrogen) atoms. The Morgan fingerprint density at radius 3 is 3.05 bits per heavy atom. The maximum atomic E-state index is 12.3. The molecule has 1 N–H and O–H groups in total. The highest BCUT2D eigenvalue weighted by molar-refractivity contribution is 5.93. The van der Waals surface area contributed by atoms with E-state index in [4.69, 9.17) is 0 Å². The lowest BCUT2D eigenvalue weighted by Crippen LogP contribution is -2.32. The first-order valence-corrected chi connectivity index (χ1v) is 7.68. The monoisotopic (exact) mass is 297 g/mol. The van der Waals surface area contributed by atoms with Crippen LogP contribution in [0.2, 0.25) is 0 Å². The predicted molar refractivity (Wildman–Crippen MR) is 85.0 cm³/mol. The molecule has 0 bridgehead atoms. The topological polar surface area (TPSA) is 63.5 Å². The summed E-state index contributed by atoms with van der Waals surface area (Å²) in [5, 5.41) is 2.82. The van der Waals surface area contributed by atoms with Gasteiger partial charge >= 0.3 is 0 Å². The smallest absolute Gasteiger partial charge is 0.270 e. The SMILES string of the molecule is O=C(NCCC1=CCCCC1)c1cnc2ccccn2c1=O. The Morgan fingerprint density at radius 2 is 2.23 bits per heavy atom. The van der Waals surface area contributed by atoms with Crippen LogP contribution in [0.15, 0.2) is 47.0 Å². The van der Waals surface area contributed by atoms with Crippen LogP contribution in [-0.2, 0) is 0 Å². The molecule has 1 aliphatic rings. The fourth-order valence-corrected chi connectivity index (χ4v) is 2.75. The number of nitrogens with one attached hydrogen (secondary N) is 1. The van der Waals surface area contributed by atoms with Crippen molar-refractivity contribution in [2.24, 2.45) is 0 Å². The van der Waals surface area contributed by atoms with Crippen LogP contribution in [0.3, 0.4) is 0 Å². The van der Waals surface area contributed by atoms with Gasteiger partial charge < -0.3 is 5.32 Å². The average molecular weight is 297 g/mol. The van der Waals surface area contributed by atoms with Crippen molar-refractivity contribution < 1.29 is 4.79 Å². The molecule has 0 radical (unpaired) electrons. The summed E-state index contributed by atoms with van der Waals surface area (Å²) in [5.74, 6) is -0.354. The van der Waals surface area contributed by atoms with Crippen molar-refractivity contribution in [3.63, 3.8) is 0 Å². The summed E-state index contributed by atoms with van der Waals surface area (Å²) in [6.07, 6.45) is 10.8. The number of carbonyl (C=O) groups excluding carboxylic acids is 1. The molecule has 0 aromatic carbocycles. The summed E-state index contributed by atoms with van der Waals surface area (Å²) in [6, 6.07) is 5.28. The van der Waals surface area contributed by atoms with Gasteiger partial charge in [0.25, 0.3) is 11.5 Å². The Labute approximate surface area is 128 Å². The van der Waals surface area contributed by atoms with Gasteiger partial charge in [-0.15, -0.1) is 0 Å². The van der Waals surface area contributed by atoms with E-state index < -0.39 is 0 Å². The fourth-order valence-electron chi connectivity index (χ4n) is 2.75. The molecule has 0 unspecified atom stereocenters. The third-order valence-electron chi connectivity index (χ3n) is 3.97. The van der Waals surface area contributed by atoms with Crippen LogP contribution in [0.5, 0.6) is 0 Å². The number of carbonyl (C=O) groups is 1. The lowest BCUT2D eigenvalue weighted by atomic mass is 9.97. The number of hydrogen-bond acceptors (Lipinski definition) is 3. The maximum absolute atomic E-state index is 12.3. The van der Waals surface area contributed by atoms with Crippen molar-refractivity contribution in [2.75, 3.05) is 6.54 Å². The van der Waals surface area contributed by atoms with Crippen molar-refractivity contribution in [1.82, 2.24) is 14.7 Å². The highest BCUT2D eigenvalue weighted by Gasteiger charge is 2.13. The molecule has 0 aliphatic heterocycles. The summed E-state index contributed by atoms with van der Waals surface area (Å²) in [5.41, 5.74) is 1.69. The van der Waals surface area contributed by atoms with Crippen LogP contribution in [-0.4, -0.2) is 21.8 Å². The van der Waals surface area contributed by atoms with Crippen LogP contribution >= 0.6 is 0 Å². The Kier molecular flexibility index (Phi) is 4.32. The van der Waals surface area contributed by atoms with Crippen LogP contribution in [0, 0.1) is 0 Å². The summed E-state index contributed by atoms with van der Waals surface area (Å²) in [7, 11) is 0. The van der Waals surface area contributed by atoms with Crippen LogP contribution in [0.25, 0.3) is 5.65 Å². The van der Waals surface area contributed by atoms with E-state index in [-0.39, 0.29) is 17.0 Å². The molecule has 0 saturated heterocycles. The molecule has 114 valence electrons. The number of pyridine rings is 1. The van der Waals surface area contributed by atoms with Crippen LogP contribution in [0.1, 0.15) is 42.5 Å². The number of amides is 1. The zero-order valence-corrected chi connectivity index (χ0v) is 12.4. The van der Waals surface area contributed by atoms with E-state index in [1.54, 1.807) is 24.4 Å². The van der Waals surface area contributed by atoms with E-state index in [0.29, 0.717) is 12.2 Å². The standard InChI is InChI=1S/C17H19N3O2/c21-16(18-10-9-13-6-2-1-3-7-13)14-12-19-15-8-4-5-11-20(15)17(14)22/h4-6,8,11-12H,1-3,7,9-10H2,(H,18,21). The molecule has 2 heterocycles. The summed E-state index contributed by atoms with van der Waals surface area (Å²) in [4.78, 5) is 28.6. The molecule has 5 heteroatoms. The second-order valence-corrected chi connectivity index (χ2v) is 5.52. The largest absolute Gasteiger partial charge is 0.351 e. The van der Waals surface area contributed by atoms with E-state index in [1.807, 2.05) is 0 Å². The zero-order chi connectivity index (χ0) is 15.4. The van der Waals surface area contributed by atoms with Crippen molar-refractivity contribution in [3.8, 4) is 0 Å². The van der Waals surface area contributed by atoms with Gasteiger partial charge in [0.05, 0.1) is 0 Å². The Bertz CT molecular complexity index is 777. The van der Waals surface area contributed by atoms with Gasteiger partial charge in [0.2, 0.25) is 0 Å². The number of allylic oxidation sites excluding steroid dienone is 1. The first-order valence-electron chi connectivity index (χ1n) is 7.68. The Hall–Kier alpha value is -2.43. The Balaban J connectivity index is 1.68. The van der Waals surface area contributed by atoms with Gasteiger partial charge in [0, 0.05) is 18.9 Å². The van der Waals surface area contributed by atoms with E-state index in [2.05, 4.69) is 16.4 Å². The molecule has 3 rings (SSSR count). The van der Waals surface area contributed by atoms with Crippen molar-refractivity contribution in [1.29, 1.82) is 0 Å². The molecule has 2 aromatic heterocycles. The average Bonchev–Trinajstić information content (AvgIpc) is 2.56. The first kappa shape index (κ1) is 14.5. The normalized spacial score (nSPS) is 14.6.